The van der Waals surface area contributed by atoms with Gasteiger partial charge in [-0.15, -0.1) is 11.3 Å². The van der Waals surface area contributed by atoms with Gasteiger partial charge in [0.05, 0.1) is 15.2 Å². The van der Waals surface area contributed by atoms with Crippen LogP contribution >= 0.6 is 11.3 Å². The number of aromatic nitrogens is 2. The average molecular weight is 392 g/mol. The molecule has 1 aliphatic heterocycles. The summed E-state index contributed by atoms with van der Waals surface area (Å²) in [5.74, 6) is 0.664. The smallest absolute Gasteiger partial charge is 0.0970 e. The molecule has 4 heteroatoms. The van der Waals surface area contributed by atoms with Crippen LogP contribution in [0.3, 0.4) is 0 Å². The van der Waals surface area contributed by atoms with Crippen molar-refractivity contribution < 1.29 is 0 Å². The number of likely N-dealkylation sites (tertiary alicyclic amines) is 1. The zero-order valence-electron chi connectivity index (χ0n) is 16.9. The molecule has 5 rings (SSSR count). The predicted octanol–water partition coefficient (Wildman–Crippen LogP) is 6.10. The maximum atomic E-state index is 4.99. The quantitative estimate of drug-likeness (QED) is 0.540. The summed E-state index contributed by atoms with van der Waals surface area (Å²) in [5, 5.41) is 1.34. The van der Waals surface area contributed by atoms with Gasteiger partial charge in [-0.1, -0.05) is 25.0 Å². The molecular formula is C24H29N3S. The number of thiazole rings is 1. The first-order chi connectivity index (χ1) is 13.7. The molecule has 0 unspecified atom stereocenters. The van der Waals surface area contributed by atoms with E-state index in [1.54, 1.807) is 0 Å². The second-order valence-electron chi connectivity index (χ2n) is 8.59. The first-order valence-electron chi connectivity index (χ1n) is 10.8. The van der Waals surface area contributed by atoms with Gasteiger partial charge in [-0.3, -0.25) is 4.98 Å². The van der Waals surface area contributed by atoms with E-state index in [-0.39, 0.29) is 0 Å². The number of hydrogen-bond acceptors (Lipinski definition) is 4. The third-order valence-electron chi connectivity index (χ3n) is 6.56. The summed E-state index contributed by atoms with van der Waals surface area (Å²) in [5.41, 5.74) is 5.81. The highest BCUT2D eigenvalue weighted by atomic mass is 32.1. The first kappa shape index (κ1) is 18.3. The lowest BCUT2D eigenvalue weighted by molar-refractivity contribution is 0.113. The molecule has 146 valence electrons. The van der Waals surface area contributed by atoms with Crippen LogP contribution in [0.2, 0.25) is 0 Å². The fourth-order valence-electron chi connectivity index (χ4n) is 4.82. The van der Waals surface area contributed by atoms with Crippen LogP contribution in [0.25, 0.3) is 21.3 Å². The third kappa shape index (κ3) is 3.48. The summed E-state index contributed by atoms with van der Waals surface area (Å²) in [7, 11) is 0. The second-order valence-corrected chi connectivity index (χ2v) is 9.65. The Labute approximate surface area is 171 Å². The summed E-state index contributed by atoms with van der Waals surface area (Å²) in [6, 6.07) is 11.8. The minimum Gasteiger partial charge on any atom is -0.300 e. The van der Waals surface area contributed by atoms with Gasteiger partial charge in [0.1, 0.15) is 0 Å². The van der Waals surface area contributed by atoms with Crippen LogP contribution in [-0.2, 0) is 0 Å². The van der Waals surface area contributed by atoms with E-state index in [2.05, 4.69) is 47.1 Å². The van der Waals surface area contributed by atoms with Gasteiger partial charge in [0.2, 0.25) is 0 Å². The molecule has 0 atom stereocenters. The molecular weight excluding hydrogens is 362 g/mol. The number of rotatable bonds is 3. The molecule has 1 saturated heterocycles. The van der Waals surface area contributed by atoms with Crippen molar-refractivity contribution in [3.8, 4) is 11.1 Å². The Morgan fingerprint density at radius 3 is 2.46 bits per heavy atom. The SMILES string of the molecule is Cc1ccc(-c2ccc3nc([C@H]4C[C@H](N5CCCCCC5)C4)sc3c2)c(C)n1. The van der Waals surface area contributed by atoms with Crippen molar-refractivity contribution in [2.75, 3.05) is 13.1 Å². The Bertz CT molecular complexity index is 979. The van der Waals surface area contributed by atoms with E-state index in [9.17, 15) is 0 Å². The normalized spacial score (nSPS) is 23.5. The van der Waals surface area contributed by atoms with Crippen molar-refractivity contribution in [1.29, 1.82) is 0 Å². The number of nitrogens with zero attached hydrogens (tertiary/aromatic N) is 3. The lowest BCUT2D eigenvalue weighted by Crippen LogP contribution is -2.44. The summed E-state index contributed by atoms with van der Waals surface area (Å²) in [6.07, 6.45) is 8.21. The van der Waals surface area contributed by atoms with Crippen LogP contribution in [0.4, 0.5) is 0 Å². The van der Waals surface area contributed by atoms with E-state index in [1.807, 2.05) is 18.3 Å². The molecule has 3 aromatic rings. The Kier molecular flexibility index (Phi) is 4.93. The zero-order chi connectivity index (χ0) is 19.1. The summed E-state index contributed by atoms with van der Waals surface area (Å²) >= 11 is 1.90. The van der Waals surface area contributed by atoms with Crippen LogP contribution in [-0.4, -0.2) is 34.0 Å². The molecule has 1 saturated carbocycles. The number of fused-ring (bicyclic) bond motifs is 1. The van der Waals surface area contributed by atoms with Gasteiger partial charge in [-0.05, 0) is 76.4 Å². The van der Waals surface area contributed by atoms with Crippen molar-refractivity contribution in [2.45, 2.75) is 64.3 Å². The number of aryl methyl sites for hydroxylation is 2. The molecule has 0 amide bonds. The number of pyridine rings is 1. The van der Waals surface area contributed by atoms with Crippen LogP contribution in [0, 0.1) is 13.8 Å². The molecule has 0 radical (unpaired) electrons. The maximum Gasteiger partial charge on any atom is 0.0970 e. The molecule has 3 heterocycles. The molecule has 0 N–H and O–H groups in total. The van der Waals surface area contributed by atoms with Gasteiger partial charge in [0.15, 0.2) is 0 Å². The minimum atomic E-state index is 0.664. The largest absolute Gasteiger partial charge is 0.300 e. The minimum absolute atomic E-state index is 0.664. The topological polar surface area (TPSA) is 29.0 Å². The molecule has 1 aliphatic carbocycles. The van der Waals surface area contributed by atoms with Crippen LogP contribution < -0.4 is 0 Å². The monoisotopic (exact) mass is 391 g/mol. The molecule has 2 aliphatic rings. The van der Waals surface area contributed by atoms with Crippen molar-refractivity contribution in [3.63, 3.8) is 0 Å². The fraction of sp³-hybridized carbons (Fsp3) is 0.500. The third-order valence-corrected chi connectivity index (χ3v) is 7.74. The average Bonchev–Trinajstić information content (AvgIpc) is 2.86. The van der Waals surface area contributed by atoms with E-state index in [0.717, 1.165) is 22.9 Å². The van der Waals surface area contributed by atoms with Crippen LogP contribution in [0.15, 0.2) is 30.3 Å². The van der Waals surface area contributed by atoms with Crippen molar-refractivity contribution in [3.05, 3.63) is 46.7 Å². The lowest BCUT2D eigenvalue weighted by atomic mass is 9.79. The number of hydrogen-bond donors (Lipinski definition) is 0. The molecule has 0 spiro atoms. The predicted molar refractivity (Wildman–Crippen MR) is 118 cm³/mol. The van der Waals surface area contributed by atoms with E-state index in [0.29, 0.717) is 5.92 Å². The van der Waals surface area contributed by atoms with Gasteiger partial charge in [-0.2, -0.15) is 0 Å². The Morgan fingerprint density at radius 2 is 1.71 bits per heavy atom. The number of benzene rings is 1. The summed E-state index contributed by atoms with van der Waals surface area (Å²) in [4.78, 5) is 12.4. The molecule has 2 fully saturated rings. The second kappa shape index (κ2) is 7.57. The van der Waals surface area contributed by atoms with E-state index < -0.39 is 0 Å². The zero-order valence-corrected chi connectivity index (χ0v) is 17.8. The standard InChI is InChI=1S/C24H29N3S/c1-16-7-9-21(17(2)25-16)18-8-10-22-23(15-18)28-24(26-22)19-13-20(14-19)27-11-5-3-4-6-12-27/h7-10,15,19-20H,3-6,11-14H2,1-2H3/t19-,20-. The summed E-state index contributed by atoms with van der Waals surface area (Å²) in [6.45, 7) is 6.77. The molecule has 0 bridgehead atoms. The van der Waals surface area contributed by atoms with Gasteiger partial charge in [-0.25, -0.2) is 4.98 Å². The van der Waals surface area contributed by atoms with Gasteiger partial charge < -0.3 is 4.90 Å². The van der Waals surface area contributed by atoms with Gasteiger partial charge in [0, 0.05) is 28.9 Å². The maximum absolute atomic E-state index is 4.99. The Balaban J connectivity index is 1.33. The fourth-order valence-corrected chi connectivity index (χ4v) is 5.96. The first-order valence-corrected chi connectivity index (χ1v) is 11.6. The van der Waals surface area contributed by atoms with Gasteiger partial charge in [0.25, 0.3) is 0 Å². The van der Waals surface area contributed by atoms with E-state index >= 15 is 0 Å². The van der Waals surface area contributed by atoms with Crippen LogP contribution in [0.1, 0.15) is 60.8 Å². The van der Waals surface area contributed by atoms with E-state index in [1.165, 1.54) is 72.4 Å². The van der Waals surface area contributed by atoms with Crippen molar-refractivity contribution in [1.82, 2.24) is 14.9 Å². The van der Waals surface area contributed by atoms with Crippen molar-refractivity contribution >= 4 is 21.6 Å². The van der Waals surface area contributed by atoms with E-state index in [4.69, 9.17) is 4.98 Å². The highest BCUT2D eigenvalue weighted by Crippen LogP contribution is 2.43. The van der Waals surface area contributed by atoms with Crippen molar-refractivity contribution in [2.24, 2.45) is 0 Å². The molecule has 28 heavy (non-hydrogen) atoms. The summed E-state index contributed by atoms with van der Waals surface area (Å²) < 4.78 is 1.31. The van der Waals surface area contributed by atoms with Crippen LogP contribution in [0.5, 0.6) is 0 Å². The molecule has 1 aromatic carbocycles. The molecule has 2 aromatic heterocycles. The molecule has 3 nitrogen and oxygen atoms in total. The highest BCUT2D eigenvalue weighted by molar-refractivity contribution is 7.18. The van der Waals surface area contributed by atoms with Gasteiger partial charge >= 0.3 is 0 Å². The Morgan fingerprint density at radius 1 is 0.929 bits per heavy atom. The Hall–Kier alpha value is -1.78. The lowest BCUT2D eigenvalue weighted by Gasteiger charge is -2.42. The highest BCUT2D eigenvalue weighted by Gasteiger charge is 2.36.